The predicted molar refractivity (Wildman–Crippen MR) is 98.8 cm³/mol. The van der Waals surface area contributed by atoms with Gasteiger partial charge in [-0.15, -0.1) is 0 Å². The lowest BCUT2D eigenvalue weighted by Crippen LogP contribution is -2.35. The van der Waals surface area contributed by atoms with Crippen LogP contribution in [0.15, 0.2) is 42.6 Å². The number of likely N-dealkylation sites (N-methyl/N-ethyl adjacent to an activating group) is 1. The summed E-state index contributed by atoms with van der Waals surface area (Å²) in [4.78, 5) is 20.7. The fourth-order valence-corrected chi connectivity index (χ4v) is 2.79. The van der Waals surface area contributed by atoms with Gasteiger partial charge in [0.1, 0.15) is 5.82 Å². The number of pyridine rings is 1. The van der Waals surface area contributed by atoms with Gasteiger partial charge in [-0.1, -0.05) is 29.8 Å². The number of benzene rings is 1. The number of nitrogens with one attached hydrogen (secondary N) is 1. The molecule has 0 aliphatic rings. The van der Waals surface area contributed by atoms with Crippen LogP contribution < -0.4 is 10.2 Å². The smallest absolute Gasteiger partial charge is 0.255 e. The van der Waals surface area contributed by atoms with Crippen LogP contribution in [-0.4, -0.2) is 50.5 Å². The number of halogens is 1. The summed E-state index contributed by atoms with van der Waals surface area (Å²) in [6.45, 7) is 0.456. The number of hydrogen-bond acceptors (Lipinski definition) is 4. The minimum Gasteiger partial charge on any atom is -0.362 e. The first-order valence-corrected chi connectivity index (χ1v) is 8.11. The van der Waals surface area contributed by atoms with Crippen molar-refractivity contribution < 1.29 is 4.79 Å². The quantitative estimate of drug-likeness (QED) is 0.873. The SMILES string of the molecule is CN(C)c1ncccc1C(=O)NCC(c1ccccc1Cl)N(C)C. The minimum atomic E-state index is -0.147. The fourth-order valence-electron chi connectivity index (χ4n) is 2.53. The number of hydrogen-bond donors (Lipinski definition) is 1. The molecule has 0 saturated carbocycles. The zero-order valence-corrected chi connectivity index (χ0v) is 15.2. The van der Waals surface area contributed by atoms with E-state index >= 15 is 0 Å². The molecule has 5 nitrogen and oxygen atoms in total. The van der Waals surface area contributed by atoms with E-state index < -0.39 is 0 Å². The minimum absolute atomic E-state index is 0.0119. The van der Waals surface area contributed by atoms with Crippen molar-refractivity contribution in [2.45, 2.75) is 6.04 Å². The summed E-state index contributed by atoms with van der Waals surface area (Å²) in [6, 6.07) is 11.2. The fraction of sp³-hybridized carbons (Fsp3) is 0.333. The largest absolute Gasteiger partial charge is 0.362 e. The Morgan fingerprint density at radius 3 is 2.50 bits per heavy atom. The third-order valence-electron chi connectivity index (χ3n) is 3.80. The van der Waals surface area contributed by atoms with E-state index in [1.54, 1.807) is 18.3 Å². The zero-order chi connectivity index (χ0) is 17.7. The van der Waals surface area contributed by atoms with Gasteiger partial charge >= 0.3 is 0 Å². The maximum absolute atomic E-state index is 12.6. The Morgan fingerprint density at radius 1 is 1.17 bits per heavy atom. The maximum atomic E-state index is 12.6. The van der Waals surface area contributed by atoms with Crippen LogP contribution in [0.25, 0.3) is 0 Å². The van der Waals surface area contributed by atoms with Crippen LogP contribution in [0.1, 0.15) is 22.0 Å². The monoisotopic (exact) mass is 346 g/mol. The Morgan fingerprint density at radius 2 is 1.88 bits per heavy atom. The normalized spacial score (nSPS) is 12.1. The molecule has 0 fully saturated rings. The highest BCUT2D eigenvalue weighted by Crippen LogP contribution is 2.25. The second-order valence-electron chi connectivity index (χ2n) is 5.98. The van der Waals surface area contributed by atoms with Gasteiger partial charge in [0.15, 0.2) is 0 Å². The molecule has 0 spiro atoms. The number of carbonyl (C=O) groups excluding carboxylic acids is 1. The Balaban J connectivity index is 2.16. The van der Waals surface area contributed by atoms with Gasteiger partial charge in [-0.05, 0) is 37.9 Å². The third-order valence-corrected chi connectivity index (χ3v) is 4.14. The van der Waals surface area contributed by atoms with Crippen LogP contribution in [-0.2, 0) is 0 Å². The van der Waals surface area contributed by atoms with Gasteiger partial charge in [0.05, 0.1) is 11.6 Å². The topological polar surface area (TPSA) is 48.5 Å². The second-order valence-corrected chi connectivity index (χ2v) is 6.39. The molecule has 1 aromatic heterocycles. The molecule has 1 N–H and O–H groups in total. The first-order valence-electron chi connectivity index (χ1n) is 7.73. The van der Waals surface area contributed by atoms with Gasteiger partial charge in [0.2, 0.25) is 0 Å². The molecule has 0 radical (unpaired) electrons. The predicted octanol–water partition coefficient (Wildman–Crippen LogP) is 2.83. The Labute approximate surface area is 148 Å². The van der Waals surface area contributed by atoms with Crippen molar-refractivity contribution >= 4 is 23.3 Å². The molecule has 1 aromatic carbocycles. The first-order chi connectivity index (χ1) is 11.4. The molecular formula is C18H23ClN4O. The number of amides is 1. The lowest BCUT2D eigenvalue weighted by molar-refractivity contribution is 0.0942. The summed E-state index contributed by atoms with van der Waals surface area (Å²) < 4.78 is 0. The van der Waals surface area contributed by atoms with Crippen LogP contribution >= 0.6 is 11.6 Å². The van der Waals surface area contributed by atoms with E-state index in [4.69, 9.17) is 11.6 Å². The lowest BCUT2D eigenvalue weighted by Gasteiger charge is -2.26. The summed E-state index contributed by atoms with van der Waals surface area (Å²) in [5.74, 6) is 0.500. The Hall–Kier alpha value is -2.11. The van der Waals surface area contributed by atoms with E-state index in [1.807, 2.05) is 62.3 Å². The van der Waals surface area contributed by atoms with Crippen LogP contribution in [0.5, 0.6) is 0 Å². The van der Waals surface area contributed by atoms with E-state index in [0.29, 0.717) is 22.9 Å². The Kier molecular flexibility index (Phi) is 6.17. The average molecular weight is 347 g/mol. The average Bonchev–Trinajstić information content (AvgIpc) is 2.56. The van der Waals surface area contributed by atoms with E-state index in [2.05, 4.69) is 10.3 Å². The molecule has 6 heteroatoms. The van der Waals surface area contributed by atoms with E-state index in [-0.39, 0.29) is 11.9 Å². The van der Waals surface area contributed by atoms with Crippen molar-refractivity contribution in [3.63, 3.8) is 0 Å². The van der Waals surface area contributed by atoms with Crippen molar-refractivity contribution in [2.75, 3.05) is 39.6 Å². The van der Waals surface area contributed by atoms with E-state index in [9.17, 15) is 4.79 Å². The van der Waals surface area contributed by atoms with Crippen molar-refractivity contribution in [2.24, 2.45) is 0 Å². The summed E-state index contributed by atoms with van der Waals surface area (Å²) in [5.41, 5.74) is 1.54. The van der Waals surface area contributed by atoms with Crippen LogP contribution in [0.2, 0.25) is 5.02 Å². The molecule has 1 heterocycles. The highest BCUT2D eigenvalue weighted by molar-refractivity contribution is 6.31. The molecule has 0 bridgehead atoms. The number of aromatic nitrogens is 1. The van der Waals surface area contributed by atoms with E-state index in [0.717, 1.165) is 5.56 Å². The summed E-state index contributed by atoms with van der Waals surface area (Å²) in [6.07, 6.45) is 1.68. The molecule has 1 amide bonds. The Bertz CT molecular complexity index is 703. The number of carbonyl (C=O) groups is 1. The van der Waals surface area contributed by atoms with Gasteiger partial charge in [-0.2, -0.15) is 0 Å². The second kappa shape index (κ2) is 8.13. The third kappa shape index (κ3) is 4.24. The molecule has 0 aliphatic carbocycles. The van der Waals surface area contributed by atoms with Crippen LogP contribution in [0.3, 0.4) is 0 Å². The molecule has 2 rings (SSSR count). The molecule has 0 aliphatic heterocycles. The lowest BCUT2D eigenvalue weighted by atomic mass is 10.1. The highest BCUT2D eigenvalue weighted by atomic mass is 35.5. The van der Waals surface area contributed by atoms with Gasteiger partial charge in [0, 0.05) is 31.9 Å². The van der Waals surface area contributed by atoms with Crippen molar-refractivity contribution in [3.8, 4) is 0 Å². The number of anilines is 1. The van der Waals surface area contributed by atoms with Gasteiger partial charge in [-0.3, -0.25) is 4.79 Å². The van der Waals surface area contributed by atoms with Crippen LogP contribution in [0.4, 0.5) is 5.82 Å². The first kappa shape index (κ1) is 18.2. The van der Waals surface area contributed by atoms with Crippen molar-refractivity contribution in [3.05, 3.63) is 58.7 Å². The highest BCUT2D eigenvalue weighted by Gasteiger charge is 2.19. The van der Waals surface area contributed by atoms with Crippen LogP contribution in [0, 0.1) is 0 Å². The molecular weight excluding hydrogens is 324 g/mol. The van der Waals surface area contributed by atoms with Gasteiger partial charge < -0.3 is 15.1 Å². The number of nitrogens with zero attached hydrogens (tertiary/aromatic N) is 3. The summed E-state index contributed by atoms with van der Waals surface area (Å²) in [5, 5.41) is 3.69. The van der Waals surface area contributed by atoms with Gasteiger partial charge in [0.25, 0.3) is 5.91 Å². The molecule has 1 atom stereocenters. The van der Waals surface area contributed by atoms with Crippen molar-refractivity contribution in [1.29, 1.82) is 0 Å². The molecule has 24 heavy (non-hydrogen) atoms. The van der Waals surface area contributed by atoms with Gasteiger partial charge in [-0.25, -0.2) is 4.98 Å². The number of rotatable bonds is 6. The zero-order valence-electron chi connectivity index (χ0n) is 14.5. The molecule has 0 saturated heterocycles. The summed E-state index contributed by atoms with van der Waals surface area (Å²) >= 11 is 6.31. The van der Waals surface area contributed by atoms with E-state index in [1.165, 1.54) is 0 Å². The molecule has 1 unspecified atom stereocenters. The van der Waals surface area contributed by atoms with Crippen molar-refractivity contribution in [1.82, 2.24) is 15.2 Å². The molecule has 2 aromatic rings. The standard InChI is InChI=1S/C18H23ClN4O/c1-22(2)16(13-8-5-6-10-15(13)19)12-21-18(24)14-9-7-11-20-17(14)23(3)4/h5-11,16H,12H2,1-4H3,(H,21,24). The maximum Gasteiger partial charge on any atom is 0.255 e. The summed E-state index contributed by atoms with van der Waals surface area (Å²) in [7, 11) is 7.67. The molecule has 128 valence electrons.